The SMILES string of the molecule is Cc1n[nH]c(C)c1S(=O)(=O)Nc1ccccc1CBr. The molecule has 1 aromatic heterocycles. The Labute approximate surface area is 120 Å². The number of aryl methyl sites for hydroxylation is 2. The Morgan fingerprint density at radius 1 is 1.32 bits per heavy atom. The van der Waals surface area contributed by atoms with Crippen LogP contribution in [0.15, 0.2) is 29.2 Å². The van der Waals surface area contributed by atoms with E-state index in [9.17, 15) is 8.42 Å². The average Bonchev–Trinajstić information content (AvgIpc) is 2.70. The molecule has 1 heterocycles. The maximum atomic E-state index is 12.4. The van der Waals surface area contributed by atoms with Crippen LogP contribution in [-0.4, -0.2) is 18.6 Å². The summed E-state index contributed by atoms with van der Waals surface area (Å²) in [6.45, 7) is 3.35. The highest BCUT2D eigenvalue weighted by Gasteiger charge is 2.22. The molecule has 0 spiro atoms. The molecule has 1 aromatic carbocycles. The van der Waals surface area contributed by atoms with Crippen LogP contribution >= 0.6 is 15.9 Å². The summed E-state index contributed by atoms with van der Waals surface area (Å²) in [5, 5.41) is 7.17. The molecule has 2 rings (SSSR count). The number of para-hydroxylation sites is 1. The number of anilines is 1. The lowest BCUT2D eigenvalue weighted by molar-refractivity contribution is 0.600. The highest BCUT2D eigenvalue weighted by atomic mass is 79.9. The lowest BCUT2D eigenvalue weighted by atomic mass is 10.2. The van der Waals surface area contributed by atoms with Crippen LogP contribution in [0.4, 0.5) is 5.69 Å². The molecule has 19 heavy (non-hydrogen) atoms. The molecule has 0 fully saturated rings. The van der Waals surface area contributed by atoms with Crippen LogP contribution in [0.2, 0.25) is 0 Å². The normalized spacial score (nSPS) is 11.5. The predicted molar refractivity (Wildman–Crippen MR) is 77.9 cm³/mol. The zero-order valence-corrected chi connectivity index (χ0v) is 13.0. The van der Waals surface area contributed by atoms with Crippen molar-refractivity contribution in [1.82, 2.24) is 10.2 Å². The Morgan fingerprint density at radius 2 is 2.00 bits per heavy atom. The van der Waals surface area contributed by atoms with Gasteiger partial charge in [0.05, 0.1) is 17.1 Å². The van der Waals surface area contributed by atoms with Crippen LogP contribution in [0.1, 0.15) is 17.0 Å². The fraction of sp³-hybridized carbons (Fsp3) is 0.250. The molecular formula is C12H14BrN3O2S. The van der Waals surface area contributed by atoms with Crippen LogP contribution in [0.25, 0.3) is 0 Å². The number of aromatic amines is 1. The minimum atomic E-state index is -3.63. The summed E-state index contributed by atoms with van der Waals surface area (Å²) in [4.78, 5) is 0.205. The van der Waals surface area contributed by atoms with Crippen molar-refractivity contribution in [1.29, 1.82) is 0 Å². The molecule has 0 aliphatic carbocycles. The van der Waals surface area contributed by atoms with Crippen LogP contribution in [0, 0.1) is 13.8 Å². The van der Waals surface area contributed by atoms with Gasteiger partial charge in [0.25, 0.3) is 10.0 Å². The number of nitrogens with one attached hydrogen (secondary N) is 2. The molecule has 102 valence electrons. The molecule has 0 saturated carbocycles. The highest BCUT2D eigenvalue weighted by molar-refractivity contribution is 9.08. The van der Waals surface area contributed by atoms with Gasteiger partial charge < -0.3 is 0 Å². The van der Waals surface area contributed by atoms with Gasteiger partial charge in [-0.15, -0.1) is 0 Å². The molecule has 0 unspecified atom stereocenters. The van der Waals surface area contributed by atoms with Gasteiger partial charge in [0.15, 0.2) is 0 Å². The van der Waals surface area contributed by atoms with E-state index in [1.54, 1.807) is 26.0 Å². The van der Waals surface area contributed by atoms with Crippen LogP contribution in [-0.2, 0) is 15.4 Å². The molecule has 0 aliphatic rings. The van der Waals surface area contributed by atoms with Crippen molar-refractivity contribution < 1.29 is 8.42 Å². The Morgan fingerprint density at radius 3 is 2.58 bits per heavy atom. The van der Waals surface area contributed by atoms with E-state index in [1.165, 1.54) is 0 Å². The summed E-state index contributed by atoms with van der Waals surface area (Å²) in [5.74, 6) is 0. The summed E-state index contributed by atoms with van der Waals surface area (Å²) in [6, 6.07) is 7.25. The van der Waals surface area contributed by atoms with Gasteiger partial charge in [-0.3, -0.25) is 9.82 Å². The summed E-state index contributed by atoms with van der Waals surface area (Å²) in [5.41, 5.74) is 2.44. The van der Waals surface area contributed by atoms with Crippen molar-refractivity contribution in [2.75, 3.05) is 4.72 Å². The molecule has 0 aliphatic heterocycles. The Balaban J connectivity index is 2.43. The van der Waals surface area contributed by atoms with Gasteiger partial charge >= 0.3 is 0 Å². The van der Waals surface area contributed by atoms with Crippen LogP contribution < -0.4 is 4.72 Å². The summed E-state index contributed by atoms with van der Waals surface area (Å²) in [6.07, 6.45) is 0. The zero-order valence-electron chi connectivity index (χ0n) is 10.6. The number of alkyl halides is 1. The van der Waals surface area contributed by atoms with Crippen LogP contribution in [0.5, 0.6) is 0 Å². The number of nitrogens with zero attached hydrogens (tertiary/aromatic N) is 1. The van der Waals surface area contributed by atoms with Crippen LogP contribution in [0.3, 0.4) is 0 Å². The standard InChI is InChI=1S/C12H14BrN3O2S/c1-8-12(9(2)15-14-8)19(17,18)16-11-6-4-3-5-10(11)7-13/h3-6,16H,7H2,1-2H3,(H,14,15). The number of H-pyrrole nitrogens is 1. The average molecular weight is 344 g/mol. The molecule has 0 radical (unpaired) electrons. The number of benzene rings is 1. The Kier molecular flexibility index (Phi) is 3.96. The molecule has 2 aromatic rings. The van der Waals surface area contributed by atoms with Gasteiger partial charge in [-0.05, 0) is 25.5 Å². The van der Waals surface area contributed by atoms with E-state index in [1.807, 2.05) is 12.1 Å². The molecule has 5 nitrogen and oxygen atoms in total. The lowest BCUT2D eigenvalue weighted by Crippen LogP contribution is -2.15. The van der Waals surface area contributed by atoms with Crippen molar-refractivity contribution in [3.05, 3.63) is 41.2 Å². The van der Waals surface area contributed by atoms with Crippen molar-refractivity contribution in [2.24, 2.45) is 0 Å². The number of aromatic nitrogens is 2. The first-order valence-electron chi connectivity index (χ1n) is 5.64. The molecule has 2 N–H and O–H groups in total. The van der Waals surface area contributed by atoms with Gasteiger partial charge in [-0.1, -0.05) is 34.1 Å². The third-order valence-corrected chi connectivity index (χ3v) is 4.97. The first-order valence-corrected chi connectivity index (χ1v) is 8.24. The summed E-state index contributed by atoms with van der Waals surface area (Å²) < 4.78 is 27.4. The second kappa shape index (κ2) is 5.34. The van der Waals surface area contributed by atoms with E-state index in [-0.39, 0.29) is 4.90 Å². The number of rotatable bonds is 4. The van der Waals surface area contributed by atoms with Gasteiger partial charge in [0.1, 0.15) is 4.90 Å². The van der Waals surface area contributed by atoms with E-state index in [0.717, 1.165) is 5.56 Å². The summed E-state index contributed by atoms with van der Waals surface area (Å²) >= 11 is 3.34. The number of hydrogen-bond donors (Lipinski definition) is 2. The first kappa shape index (κ1) is 14.1. The lowest BCUT2D eigenvalue weighted by Gasteiger charge is -2.11. The van der Waals surface area contributed by atoms with E-state index in [2.05, 4.69) is 30.8 Å². The third-order valence-electron chi connectivity index (χ3n) is 2.73. The Hall–Kier alpha value is -1.34. The smallest absolute Gasteiger partial charge is 0.265 e. The second-order valence-electron chi connectivity index (χ2n) is 4.16. The van der Waals surface area contributed by atoms with E-state index >= 15 is 0 Å². The van der Waals surface area contributed by atoms with Crippen molar-refractivity contribution in [2.45, 2.75) is 24.1 Å². The van der Waals surface area contributed by atoms with E-state index < -0.39 is 10.0 Å². The van der Waals surface area contributed by atoms with Gasteiger partial charge in [-0.25, -0.2) is 8.42 Å². The molecule has 0 saturated heterocycles. The predicted octanol–water partition coefficient (Wildman–Crippen LogP) is 2.72. The number of hydrogen-bond acceptors (Lipinski definition) is 3. The number of halogens is 1. The molecule has 0 bridgehead atoms. The minimum absolute atomic E-state index is 0.205. The molecule has 0 amide bonds. The van der Waals surface area contributed by atoms with Gasteiger partial charge in [-0.2, -0.15) is 5.10 Å². The highest BCUT2D eigenvalue weighted by Crippen LogP contribution is 2.24. The fourth-order valence-electron chi connectivity index (χ4n) is 1.87. The molecular weight excluding hydrogens is 330 g/mol. The van der Waals surface area contributed by atoms with Crippen molar-refractivity contribution in [3.8, 4) is 0 Å². The fourth-order valence-corrected chi connectivity index (χ4v) is 3.83. The minimum Gasteiger partial charge on any atom is -0.281 e. The molecule has 0 atom stereocenters. The topological polar surface area (TPSA) is 74.8 Å². The molecule has 7 heteroatoms. The van der Waals surface area contributed by atoms with Crippen molar-refractivity contribution >= 4 is 31.6 Å². The second-order valence-corrected chi connectivity index (χ2v) is 6.34. The van der Waals surface area contributed by atoms with Crippen molar-refractivity contribution in [3.63, 3.8) is 0 Å². The number of sulfonamides is 1. The quantitative estimate of drug-likeness (QED) is 0.838. The largest absolute Gasteiger partial charge is 0.281 e. The van der Waals surface area contributed by atoms with Gasteiger partial charge in [0.2, 0.25) is 0 Å². The Bertz CT molecular complexity index is 675. The summed E-state index contributed by atoms with van der Waals surface area (Å²) in [7, 11) is -3.63. The van der Waals surface area contributed by atoms with E-state index in [0.29, 0.717) is 22.4 Å². The third kappa shape index (κ3) is 2.82. The maximum absolute atomic E-state index is 12.4. The maximum Gasteiger partial charge on any atom is 0.265 e. The van der Waals surface area contributed by atoms with Gasteiger partial charge in [0, 0.05) is 5.33 Å². The zero-order chi connectivity index (χ0) is 14.0. The van der Waals surface area contributed by atoms with E-state index in [4.69, 9.17) is 0 Å². The monoisotopic (exact) mass is 343 g/mol. The first-order chi connectivity index (χ1) is 8.95.